The molecule has 2 amide bonds. The Balaban J connectivity index is 1.69. The van der Waals surface area contributed by atoms with Gasteiger partial charge in [0.15, 0.2) is 0 Å². The summed E-state index contributed by atoms with van der Waals surface area (Å²) in [5.74, 6) is -0.0579. The highest BCUT2D eigenvalue weighted by Crippen LogP contribution is 2.25. The Morgan fingerprint density at radius 2 is 2.26 bits per heavy atom. The fraction of sp³-hybridized carbons (Fsp3) is 0.471. The summed E-state index contributed by atoms with van der Waals surface area (Å²) in [6, 6.07) is 5.12. The second-order valence-electron chi connectivity index (χ2n) is 6.22. The number of benzene rings is 1. The largest absolute Gasteiger partial charge is 0.361 e. The van der Waals surface area contributed by atoms with Crippen LogP contribution in [0.3, 0.4) is 0 Å². The van der Waals surface area contributed by atoms with E-state index in [2.05, 4.69) is 10.3 Å². The van der Waals surface area contributed by atoms with Gasteiger partial charge in [-0.1, -0.05) is 13.8 Å². The Kier molecular flexibility index (Phi) is 4.52. The normalized spacial score (nSPS) is 15.4. The van der Waals surface area contributed by atoms with Gasteiger partial charge in [-0.05, 0) is 36.1 Å². The molecule has 0 bridgehead atoms. The third-order valence-electron chi connectivity index (χ3n) is 4.10. The van der Waals surface area contributed by atoms with Crippen molar-refractivity contribution in [3.63, 3.8) is 0 Å². The van der Waals surface area contributed by atoms with Gasteiger partial charge in [-0.3, -0.25) is 0 Å². The van der Waals surface area contributed by atoms with Crippen molar-refractivity contribution < 1.29 is 13.9 Å². The minimum atomic E-state index is -0.187. The molecule has 0 spiro atoms. The number of H-pyrrole nitrogens is 1. The molecule has 23 heavy (non-hydrogen) atoms. The Bertz CT molecular complexity index is 705. The summed E-state index contributed by atoms with van der Waals surface area (Å²) >= 11 is 0. The lowest BCUT2D eigenvalue weighted by Gasteiger charge is -2.26. The van der Waals surface area contributed by atoms with Gasteiger partial charge >= 0.3 is 6.03 Å². The number of carbonyl (C=O) groups is 1. The lowest BCUT2D eigenvalue weighted by Crippen LogP contribution is -2.44. The number of aromatic amines is 1. The molecular formula is C17H22FN3O2. The zero-order valence-corrected chi connectivity index (χ0v) is 13.5. The maximum Gasteiger partial charge on any atom is 0.319 e. The van der Waals surface area contributed by atoms with Crippen molar-refractivity contribution in [3.8, 4) is 0 Å². The molecule has 0 radical (unpaired) electrons. The number of hydrogen-bond acceptors (Lipinski definition) is 2. The van der Waals surface area contributed by atoms with Crippen LogP contribution >= 0.6 is 0 Å². The van der Waals surface area contributed by atoms with Crippen molar-refractivity contribution in [1.82, 2.24) is 15.2 Å². The molecule has 1 aliphatic heterocycles. The number of fused-ring (bicyclic) bond motifs is 1. The van der Waals surface area contributed by atoms with Crippen LogP contribution in [-0.2, 0) is 11.3 Å². The van der Waals surface area contributed by atoms with Crippen LogP contribution in [0.4, 0.5) is 9.18 Å². The third kappa shape index (κ3) is 3.47. The first kappa shape index (κ1) is 15.8. The zero-order chi connectivity index (χ0) is 16.4. The van der Waals surface area contributed by atoms with E-state index < -0.39 is 0 Å². The quantitative estimate of drug-likeness (QED) is 0.912. The lowest BCUT2D eigenvalue weighted by atomic mass is 10.0. The predicted octanol–water partition coefficient (Wildman–Crippen LogP) is 3.32. The average molecular weight is 319 g/mol. The molecule has 2 heterocycles. The van der Waals surface area contributed by atoms with Gasteiger partial charge in [-0.25, -0.2) is 9.18 Å². The number of hydrogen-bond donors (Lipinski definition) is 2. The first-order chi connectivity index (χ1) is 11.0. The summed E-state index contributed by atoms with van der Waals surface area (Å²) in [5.41, 5.74) is 2.44. The van der Waals surface area contributed by atoms with E-state index in [-0.39, 0.29) is 17.8 Å². The minimum Gasteiger partial charge on any atom is -0.361 e. The van der Waals surface area contributed by atoms with E-state index in [4.69, 9.17) is 4.74 Å². The fourth-order valence-corrected chi connectivity index (χ4v) is 2.81. The Morgan fingerprint density at radius 1 is 1.43 bits per heavy atom. The number of amides is 2. The minimum absolute atomic E-state index is 0.130. The summed E-state index contributed by atoms with van der Waals surface area (Å²) in [4.78, 5) is 16.9. The molecule has 5 nitrogen and oxygen atoms in total. The summed E-state index contributed by atoms with van der Waals surface area (Å²) < 4.78 is 19.3. The molecule has 1 fully saturated rings. The lowest BCUT2D eigenvalue weighted by molar-refractivity contribution is 0.00871. The van der Waals surface area contributed by atoms with Gasteiger partial charge < -0.3 is 19.9 Å². The van der Waals surface area contributed by atoms with Gasteiger partial charge in [0, 0.05) is 23.1 Å². The van der Waals surface area contributed by atoms with Crippen LogP contribution in [0.5, 0.6) is 0 Å². The number of ether oxygens (including phenoxy) is 1. The van der Waals surface area contributed by atoms with E-state index in [9.17, 15) is 9.18 Å². The third-order valence-corrected chi connectivity index (χ3v) is 4.10. The summed E-state index contributed by atoms with van der Waals surface area (Å²) in [7, 11) is 0. The van der Waals surface area contributed by atoms with Gasteiger partial charge in [0.1, 0.15) is 12.5 Å². The summed E-state index contributed by atoms with van der Waals surface area (Å²) in [5, 5.41) is 3.68. The van der Waals surface area contributed by atoms with Crippen molar-refractivity contribution >= 4 is 16.9 Å². The zero-order valence-electron chi connectivity index (χ0n) is 13.5. The number of carbonyl (C=O) groups excluding carboxylic acids is 1. The van der Waals surface area contributed by atoms with Crippen LogP contribution in [0.1, 0.15) is 37.4 Å². The Hall–Kier alpha value is -2.08. The highest BCUT2D eigenvalue weighted by atomic mass is 19.1. The monoisotopic (exact) mass is 319 g/mol. The molecule has 124 valence electrons. The number of nitrogens with one attached hydrogen (secondary N) is 2. The van der Waals surface area contributed by atoms with Crippen molar-refractivity contribution in [2.75, 3.05) is 19.9 Å². The van der Waals surface area contributed by atoms with E-state index >= 15 is 0 Å². The second-order valence-corrected chi connectivity index (χ2v) is 6.22. The number of nitrogens with zero attached hydrogens (tertiary/aromatic N) is 1. The molecule has 3 rings (SSSR count). The molecule has 1 aliphatic rings. The van der Waals surface area contributed by atoms with E-state index in [1.54, 1.807) is 11.0 Å². The van der Waals surface area contributed by atoms with Crippen molar-refractivity contribution in [3.05, 3.63) is 35.3 Å². The average Bonchev–Trinajstić information content (AvgIpc) is 2.94. The van der Waals surface area contributed by atoms with Crippen LogP contribution in [-0.4, -0.2) is 35.8 Å². The van der Waals surface area contributed by atoms with E-state index in [1.807, 2.05) is 26.0 Å². The molecule has 1 aromatic heterocycles. The molecule has 0 unspecified atom stereocenters. The second kappa shape index (κ2) is 6.58. The number of aromatic nitrogens is 1. The molecule has 2 aromatic rings. The Morgan fingerprint density at radius 3 is 2.96 bits per heavy atom. The SMILES string of the molecule is CC(C)c1cc2[nH]c(CNC(=O)N3CCCOC3)cc2cc1F. The Labute approximate surface area is 134 Å². The molecule has 0 atom stereocenters. The number of urea groups is 1. The van der Waals surface area contributed by atoms with Gasteiger partial charge in [0.2, 0.25) is 0 Å². The van der Waals surface area contributed by atoms with Crippen LogP contribution in [0, 0.1) is 5.82 Å². The van der Waals surface area contributed by atoms with Crippen LogP contribution in [0.25, 0.3) is 10.9 Å². The first-order valence-corrected chi connectivity index (χ1v) is 7.96. The first-order valence-electron chi connectivity index (χ1n) is 7.96. The van der Waals surface area contributed by atoms with Crippen LogP contribution in [0.2, 0.25) is 0 Å². The van der Waals surface area contributed by atoms with E-state index in [0.29, 0.717) is 32.0 Å². The van der Waals surface area contributed by atoms with Gasteiger partial charge in [-0.2, -0.15) is 0 Å². The predicted molar refractivity (Wildman–Crippen MR) is 86.7 cm³/mol. The van der Waals surface area contributed by atoms with Gasteiger partial charge in [0.25, 0.3) is 0 Å². The molecule has 2 N–H and O–H groups in total. The molecule has 1 saturated heterocycles. The van der Waals surface area contributed by atoms with Gasteiger partial charge in [0.05, 0.1) is 13.2 Å². The number of rotatable bonds is 3. The maximum atomic E-state index is 14.0. The van der Waals surface area contributed by atoms with Crippen LogP contribution in [0.15, 0.2) is 18.2 Å². The molecule has 6 heteroatoms. The van der Waals surface area contributed by atoms with Crippen LogP contribution < -0.4 is 5.32 Å². The molecule has 0 saturated carbocycles. The highest BCUT2D eigenvalue weighted by Gasteiger charge is 2.16. The van der Waals surface area contributed by atoms with E-state index in [0.717, 1.165) is 23.0 Å². The van der Waals surface area contributed by atoms with Crippen molar-refractivity contribution in [1.29, 1.82) is 0 Å². The van der Waals surface area contributed by atoms with Gasteiger partial charge in [-0.15, -0.1) is 0 Å². The highest BCUT2D eigenvalue weighted by molar-refractivity contribution is 5.81. The standard InChI is InChI=1S/C17H22FN3O2/c1-11(2)14-8-16-12(7-15(14)18)6-13(20-16)9-19-17(22)21-4-3-5-23-10-21/h6-8,11,20H,3-5,9-10H2,1-2H3,(H,19,22). The van der Waals surface area contributed by atoms with Crippen molar-refractivity contribution in [2.24, 2.45) is 0 Å². The molecular weight excluding hydrogens is 297 g/mol. The number of halogens is 1. The van der Waals surface area contributed by atoms with Crippen molar-refractivity contribution in [2.45, 2.75) is 32.7 Å². The fourth-order valence-electron chi connectivity index (χ4n) is 2.81. The maximum absolute atomic E-state index is 14.0. The smallest absolute Gasteiger partial charge is 0.319 e. The molecule has 1 aromatic carbocycles. The summed E-state index contributed by atoms with van der Waals surface area (Å²) in [6.07, 6.45) is 0.858. The summed E-state index contributed by atoms with van der Waals surface area (Å²) in [6.45, 7) is 6.06. The molecule has 0 aliphatic carbocycles. The topological polar surface area (TPSA) is 57.4 Å². The van der Waals surface area contributed by atoms with E-state index in [1.165, 1.54) is 0 Å².